The Kier molecular flexibility index (Phi) is 41.9. The first-order chi connectivity index (χ1) is 5.42. The molecule has 7 heteroatoms. The molecular formula is C6H15BaF4NO. The van der Waals surface area contributed by atoms with Crippen molar-refractivity contribution >= 4 is 54.9 Å². The normalized spacial score (nSPS) is 7.08. The van der Waals surface area contributed by atoms with Gasteiger partial charge in [0.1, 0.15) is 6.80 Å². The minimum atomic E-state index is -1.75. The summed E-state index contributed by atoms with van der Waals surface area (Å²) in [6, 6.07) is -1.33. The van der Waals surface area contributed by atoms with Crippen LogP contribution in [0, 0.1) is 0 Å². The minimum absolute atomic E-state index is 0. The molecule has 0 unspecified atom stereocenters. The van der Waals surface area contributed by atoms with Gasteiger partial charge in [0.2, 0.25) is 6.93 Å². The Balaban J connectivity index is -0.0000000189. The number of carbonyl (C=O) groups excluding carboxylic acids is 1. The summed E-state index contributed by atoms with van der Waals surface area (Å²) in [4.78, 5) is 10.2. The fraction of sp³-hybridized carbons (Fsp3) is 0.833. The van der Waals surface area contributed by atoms with Crippen molar-refractivity contribution in [1.29, 1.82) is 0 Å². The van der Waals surface area contributed by atoms with Crippen LogP contribution in [0.5, 0.6) is 0 Å². The molecule has 0 saturated carbocycles. The topological polar surface area (TPSA) is 20.3 Å². The molecule has 0 aliphatic rings. The van der Waals surface area contributed by atoms with Gasteiger partial charge in [-0.25, -0.2) is 13.2 Å². The van der Waals surface area contributed by atoms with Crippen molar-refractivity contribution in [3.8, 4) is 0 Å². The van der Waals surface area contributed by atoms with Crippen LogP contribution in [0.4, 0.5) is 17.6 Å². The fourth-order valence-corrected chi connectivity index (χ4v) is 0. The van der Waals surface area contributed by atoms with Gasteiger partial charge in [-0.2, -0.15) is 4.39 Å². The van der Waals surface area contributed by atoms with E-state index >= 15 is 0 Å². The number of nitrogens with zero attached hydrogens (tertiary/aromatic N) is 1. The van der Waals surface area contributed by atoms with Crippen LogP contribution >= 0.6 is 0 Å². The molecule has 2 nitrogen and oxygen atoms in total. The summed E-state index contributed by atoms with van der Waals surface area (Å²) in [6.07, 6.45) is 0. The molecule has 0 aromatic rings. The third kappa shape index (κ3) is 181. The molecule has 0 saturated heterocycles. The molecule has 0 aliphatic carbocycles. The van der Waals surface area contributed by atoms with Gasteiger partial charge in [0.15, 0.2) is 0 Å². The largest absolute Gasteiger partial charge is 2.00 e. The van der Waals surface area contributed by atoms with Gasteiger partial charge in [0.25, 0.3) is 6.04 Å². The molecule has 0 radical (unpaired) electrons. The number of hydrogen-bond donors (Lipinski definition) is 0. The summed E-state index contributed by atoms with van der Waals surface area (Å²) in [6.45, 7) is -1.25. The maximum atomic E-state index is 11.0. The number of rotatable bonds is 1. The van der Waals surface area contributed by atoms with Gasteiger partial charge < -0.3 is 2.85 Å². The summed E-state index contributed by atoms with van der Waals surface area (Å²) >= 11 is 0. The predicted molar refractivity (Wildman–Crippen MR) is 46.5 cm³/mol. The van der Waals surface area contributed by atoms with Gasteiger partial charge in [0.05, 0.1) is 0 Å². The number of carbonyl (C=O) groups is 1. The first-order valence-corrected chi connectivity index (χ1v) is 2.91. The van der Waals surface area contributed by atoms with E-state index in [0.29, 0.717) is 0 Å². The second-order valence-corrected chi connectivity index (χ2v) is 1.77. The van der Waals surface area contributed by atoms with Crippen LogP contribution in [0.3, 0.4) is 0 Å². The van der Waals surface area contributed by atoms with E-state index < -0.39 is 13.0 Å². The second kappa shape index (κ2) is 23.1. The van der Waals surface area contributed by atoms with Crippen LogP contribution in [0.15, 0.2) is 0 Å². The smallest absolute Gasteiger partial charge is 1.00 e. The average molecular weight is 331 g/mol. The molecule has 0 aliphatic heterocycles. The van der Waals surface area contributed by atoms with Gasteiger partial charge >= 0.3 is 48.9 Å². The number of hydrogen-bond acceptors (Lipinski definition) is 2. The molecule has 0 atom stereocenters. The SMILES string of the molecule is CC(=O)F.CN(C)CF.FCF.[Ba+2].[H-].[H-]. The molecular weight excluding hydrogens is 315 g/mol. The molecule has 0 spiro atoms. The number of alkyl halides is 3. The van der Waals surface area contributed by atoms with Gasteiger partial charge in [-0.05, 0) is 14.1 Å². The van der Waals surface area contributed by atoms with Crippen molar-refractivity contribution in [3.05, 3.63) is 0 Å². The van der Waals surface area contributed by atoms with Crippen molar-refractivity contribution in [2.75, 3.05) is 27.8 Å². The monoisotopic (exact) mass is 331 g/mol. The van der Waals surface area contributed by atoms with Crippen molar-refractivity contribution < 1.29 is 25.2 Å². The second-order valence-electron chi connectivity index (χ2n) is 1.77. The van der Waals surface area contributed by atoms with E-state index in [1.807, 2.05) is 0 Å². The maximum absolute atomic E-state index is 11.0. The zero-order valence-electron chi connectivity index (χ0n) is 9.99. The molecule has 0 amide bonds. The van der Waals surface area contributed by atoms with Gasteiger partial charge in [-0.15, -0.1) is 0 Å². The molecule has 0 fully saturated rings. The van der Waals surface area contributed by atoms with E-state index in [1.54, 1.807) is 14.1 Å². The van der Waals surface area contributed by atoms with Crippen LogP contribution in [0.2, 0.25) is 0 Å². The molecule has 0 N–H and O–H groups in total. The number of halogens is 4. The van der Waals surface area contributed by atoms with Crippen LogP contribution in [0.25, 0.3) is 0 Å². The van der Waals surface area contributed by atoms with Crippen molar-refractivity contribution in [2.45, 2.75) is 6.92 Å². The standard InChI is InChI=1S/C3H8FN.C2H3FO.CH2F2.Ba.2H/c1-5(2)3-4;1-2(3)4;2-1-3;;;/h3H2,1-2H3;1H3;1H2;;;/q;;;+2;2*-1. The molecule has 0 heterocycles. The average Bonchev–Trinajstić information content (AvgIpc) is 1.88. The summed E-state index contributed by atoms with van der Waals surface area (Å²) in [5.41, 5.74) is 0. The predicted octanol–water partition coefficient (Wildman–Crippen LogP) is 1.70. The van der Waals surface area contributed by atoms with Gasteiger partial charge in [-0.3, -0.25) is 9.69 Å². The summed E-state index contributed by atoms with van der Waals surface area (Å²) < 4.78 is 40.7. The van der Waals surface area contributed by atoms with Crippen molar-refractivity contribution in [1.82, 2.24) is 4.90 Å². The van der Waals surface area contributed by atoms with Crippen LogP contribution in [-0.4, -0.2) is 87.6 Å². The molecule has 0 aromatic heterocycles. The Morgan fingerprint density at radius 1 is 1.31 bits per heavy atom. The Morgan fingerprint density at radius 2 is 1.38 bits per heavy atom. The van der Waals surface area contributed by atoms with E-state index in [1.165, 1.54) is 4.90 Å². The third-order valence-electron chi connectivity index (χ3n) is 0.239. The summed E-state index contributed by atoms with van der Waals surface area (Å²) in [5.74, 6) is 0. The minimum Gasteiger partial charge on any atom is -1.00 e. The van der Waals surface area contributed by atoms with Crippen LogP contribution in [0.1, 0.15) is 9.78 Å². The van der Waals surface area contributed by atoms with Crippen LogP contribution < -0.4 is 0 Å². The van der Waals surface area contributed by atoms with E-state index in [2.05, 4.69) is 0 Å². The summed E-state index contributed by atoms with van der Waals surface area (Å²) in [5, 5.41) is 0. The molecule has 0 rings (SSSR count). The van der Waals surface area contributed by atoms with E-state index in [4.69, 9.17) is 4.79 Å². The first-order valence-electron chi connectivity index (χ1n) is 2.91. The Labute approximate surface area is 119 Å². The Hall–Kier alpha value is 0.921. The first kappa shape index (κ1) is 23.6. The van der Waals surface area contributed by atoms with E-state index in [-0.39, 0.29) is 58.5 Å². The molecule has 80 valence electrons. The Bertz CT molecular complexity index is 99.2. The van der Waals surface area contributed by atoms with E-state index in [9.17, 15) is 17.6 Å². The fourth-order valence-electron chi connectivity index (χ4n) is 0. The summed E-state index contributed by atoms with van der Waals surface area (Å²) in [7, 11) is 3.36. The van der Waals surface area contributed by atoms with Gasteiger partial charge in [0, 0.05) is 6.92 Å². The maximum Gasteiger partial charge on any atom is 2.00 e. The Morgan fingerprint density at radius 3 is 1.38 bits per heavy atom. The van der Waals surface area contributed by atoms with Crippen molar-refractivity contribution in [2.24, 2.45) is 0 Å². The van der Waals surface area contributed by atoms with Crippen molar-refractivity contribution in [3.63, 3.8) is 0 Å². The van der Waals surface area contributed by atoms with Gasteiger partial charge in [-0.1, -0.05) is 0 Å². The zero-order valence-corrected chi connectivity index (χ0v) is 12.4. The van der Waals surface area contributed by atoms with E-state index in [0.717, 1.165) is 6.92 Å². The zero-order chi connectivity index (χ0) is 10.6. The molecule has 0 bridgehead atoms. The quantitative estimate of drug-likeness (QED) is 0.316. The molecule has 13 heavy (non-hydrogen) atoms. The van der Waals surface area contributed by atoms with Crippen LogP contribution in [-0.2, 0) is 4.79 Å². The molecule has 0 aromatic carbocycles. The third-order valence-corrected chi connectivity index (χ3v) is 0.239.